The number of nitrogens with zero attached hydrogens (tertiary/aromatic N) is 2. The zero-order chi connectivity index (χ0) is 20.7. The highest BCUT2D eigenvalue weighted by molar-refractivity contribution is 6.25. The molecule has 5 nitrogen and oxygen atoms in total. The van der Waals surface area contributed by atoms with E-state index in [1.165, 1.54) is 11.8 Å². The number of aryl methyl sites for hydroxylation is 2. The maximum absolute atomic E-state index is 13.0. The molecule has 4 rings (SSSR count). The average Bonchev–Trinajstić information content (AvgIpc) is 2.69. The fraction of sp³-hybridized carbons (Fsp3) is 0.208. The third kappa shape index (κ3) is 3.18. The molecule has 3 aromatic rings. The van der Waals surface area contributed by atoms with Crippen LogP contribution >= 0.6 is 0 Å². The van der Waals surface area contributed by atoms with Crippen LogP contribution in [0.1, 0.15) is 38.8 Å². The van der Waals surface area contributed by atoms with Crippen molar-refractivity contribution in [1.29, 1.82) is 0 Å². The van der Waals surface area contributed by atoms with Gasteiger partial charge in [0.1, 0.15) is 0 Å². The molecule has 1 heterocycles. The van der Waals surface area contributed by atoms with Crippen LogP contribution in [0, 0.1) is 13.8 Å². The van der Waals surface area contributed by atoms with Crippen molar-refractivity contribution in [3.05, 3.63) is 76.9 Å². The van der Waals surface area contributed by atoms with Crippen LogP contribution in [0.15, 0.2) is 54.6 Å². The number of rotatable bonds is 4. The van der Waals surface area contributed by atoms with E-state index >= 15 is 0 Å². The van der Waals surface area contributed by atoms with E-state index in [-0.39, 0.29) is 30.8 Å². The molecule has 0 unspecified atom stereocenters. The van der Waals surface area contributed by atoms with Gasteiger partial charge < -0.3 is 4.90 Å². The predicted molar refractivity (Wildman–Crippen MR) is 113 cm³/mol. The van der Waals surface area contributed by atoms with Crippen LogP contribution in [0.3, 0.4) is 0 Å². The number of imide groups is 1. The van der Waals surface area contributed by atoms with Crippen molar-refractivity contribution >= 4 is 34.2 Å². The van der Waals surface area contributed by atoms with Crippen LogP contribution in [0.25, 0.3) is 10.8 Å². The molecule has 0 spiro atoms. The van der Waals surface area contributed by atoms with Crippen molar-refractivity contribution in [3.63, 3.8) is 0 Å². The number of anilines is 1. The Morgan fingerprint density at radius 1 is 0.931 bits per heavy atom. The summed E-state index contributed by atoms with van der Waals surface area (Å²) in [5.41, 5.74) is 3.94. The van der Waals surface area contributed by atoms with Crippen molar-refractivity contribution < 1.29 is 14.4 Å². The Morgan fingerprint density at radius 2 is 1.55 bits per heavy atom. The Bertz CT molecular complexity index is 1120. The fourth-order valence-corrected chi connectivity index (χ4v) is 4.04. The Kier molecular flexibility index (Phi) is 4.66. The summed E-state index contributed by atoms with van der Waals surface area (Å²) in [7, 11) is 0. The average molecular weight is 386 g/mol. The van der Waals surface area contributed by atoms with Gasteiger partial charge in [-0.3, -0.25) is 19.3 Å². The van der Waals surface area contributed by atoms with Crippen molar-refractivity contribution in [2.45, 2.75) is 20.8 Å². The first-order valence-corrected chi connectivity index (χ1v) is 9.62. The van der Waals surface area contributed by atoms with Gasteiger partial charge in [0.2, 0.25) is 5.91 Å². The lowest BCUT2D eigenvalue weighted by Gasteiger charge is -2.30. The Hall–Kier alpha value is -3.47. The van der Waals surface area contributed by atoms with Gasteiger partial charge in [-0.25, -0.2) is 0 Å². The van der Waals surface area contributed by atoms with Gasteiger partial charge in [0, 0.05) is 42.2 Å². The molecule has 3 amide bonds. The van der Waals surface area contributed by atoms with Crippen LogP contribution in [0.5, 0.6) is 0 Å². The molecule has 146 valence electrons. The van der Waals surface area contributed by atoms with Gasteiger partial charge >= 0.3 is 0 Å². The summed E-state index contributed by atoms with van der Waals surface area (Å²) in [6.07, 6.45) is 0. The van der Waals surface area contributed by atoms with Gasteiger partial charge in [-0.2, -0.15) is 0 Å². The molecule has 0 aliphatic carbocycles. The third-order valence-corrected chi connectivity index (χ3v) is 5.43. The molecular formula is C24H22N2O3. The van der Waals surface area contributed by atoms with Gasteiger partial charge in [-0.15, -0.1) is 0 Å². The summed E-state index contributed by atoms with van der Waals surface area (Å²) < 4.78 is 0. The van der Waals surface area contributed by atoms with Crippen molar-refractivity contribution in [2.75, 3.05) is 18.0 Å². The minimum atomic E-state index is -0.316. The van der Waals surface area contributed by atoms with E-state index in [1.54, 1.807) is 17.0 Å². The monoisotopic (exact) mass is 386 g/mol. The van der Waals surface area contributed by atoms with E-state index in [9.17, 15) is 14.4 Å². The molecule has 0 saturated carbocycles. The lowest BCUT2D eigenvalue weighted by Crippen LogP contribution is -2.45. The van der Waals surface area contributed by atoms with Crippen LogP contribution in [0.4, 0.5) is 5.69 Å². The maximum Gasteiger partial charge on any atom is 0.261 e. The number of hydrogen-bond acceptors (Lipinski definition) is 3. The van der Waals surface area contributed by atoms with Gasteiger partial charge in [-0.05, 0) is 43.0 Å². The second-order valence-corrected chi connectivity index (χ2v) is 7.43. The highest BCUT2D eigenvalue weighted by Gasteiger charge is 2.33. The Labute approximate surface area is 169 Å². The number of amides is 3. The number of benzene rings is 3. The maximum atomic E-state index is 13.0. The van der Waals surface area contributed by atoms with E-state index in [0.717, 1.165) is 22.2 Å². The summed E-state index contributed by atoms with van der Waals surface area (Å²) in [5, 5.41) is 1.58. The predicted octanol–water partition coefficient (Wildman–Crippen LogP) is 4.11. The minimum Gasteiger partial charge on any atom is -0.311 e. The molecule has 1 aliphatic heterocycles. The van der Waals surface area contributed by atoms with E-state index < -0.39 is 0 Å². The quantitative estimate of drug-likeness (QED) is 0.634. The standard InChI is InChI=1S/C24H22N2O3/c1-15-10-11-21(16(2)14-15)25(17(3)27)12-13-26-23(28)19-8-4-6-18-7-5-9-20(22(18)19)24(26)29/h4-11,14H,12-13H2,1-3H3. The normalized spacial score (nSPS) is 13.1. The molecule has 3 aromatic carbocycles. The zero-order valence-corrected chi connectivity index (χ0v) is 16.7. The van der Waals surface area contributed by atoms with Crippen LogP contribution in [-0.4, -0.2) is 35.7 Å². The van der Waals surface area contributed by atoms with Crippen molar-refractivity contribution in [2.24, 2.45) is 0 Å². The summed E-state index contributed by atoms with van der Waals surface area (Å²) in [5.74, 6) is -0.761. The highest BCUT2D eigenvalue weighted by Crippen LogP contribution is 2.30. The summed E-state index contributed by atoms with van der Waals surface area (Å²) in [6.45, 7) is 5.82. The van der Waals surface area contributed by atoms with E-state index in [2.05, 4.69) is 0 Å². The van der Waals surface area contributed by atoms with Crippen LogP contribution in [-0.2, 0) is 4.79 Å². The summed E-state index contributed by atoms with van der Waals surface area (Å²) in [4.78, 5) is 41.3. The molecule has 0 N–H and O–H groups in total. The molecule has 0 atom stereocenters. The molecule has 0 aromatic heterocycles. The third-order valence-electron chi connectivity index (χ3n) is 5.43. The molecule has 0 saturated heterocycles. The molecule has 0 radical (unpaired) electrons. The Balaban J connectivity index is 1.65. The topological polar surface area (TPSA) is 57.7 Å². The van der Waals surface area contributed by atoms with E-state index in [4.69, 9.17) is 0 Å². The zero-order valence-electron chi connectivity index (χ0n) is 16.7. The lowest BCUT2D eigenvalue weighted by atomic mass is 9.94. The molecule has 0 fully saturated rings. The van der Waals surface area contributed by atoms with Crippen molar-refractivity contribution in [3.8, 4) is 0 Å². The number of carbonyl (C=O) groups is 3. The molecule has 29 heavy (non-hydrogen) atoms. The summed E-state index contributed by atoms with van der Waals surface area (Å²) in [6, 6.07) is 16.8. The largest absolute Gasteiger partial charge is 0.311 e. The van der Waals surface area contributed by atoms with Gasteiger partial charge in [0.15, 0.2) is 0 Å². The second kappa shape index (κ2) is 7.17. The number of carbonyl (C=O) groups excluding carboxylic acids is 3. The SMILES string of the molecule is CC(=O)N(CCN1C(=O)c2cccc3cccc(c23)C1=O)c1ccc(C)cc1C. The molecule has 0 bridgehead atoms. The van der Waals surface area contributed by atoms with E-state index in [1.807, 2.05) is 56.3 Å². The first-order chi connectivity index (χ1) is 13.9. The van der Waals surface area contributed by atoms with Crippen molar-refractivity contribution in [1.82, 2.24) is 4.90 Å². The smallest absolute Gasteiger partial charge is 0.261 e. The molecule has 5 heteroatoms. The first kappa shape index (κ1) is 18.9. The summed E-state index contributed by atoms with van der Waals surface area (Å²) >= 11 is 0. The van der Waals surface area contributed by atoms with Gasteiger partial charge in [0.05, 0.1) is 0 Å². The van der Waals surface area contributed by atoms with Crippen LogP contribution < -0.4 is 4.90 Å². The second-order valence-electron chi connectivity index (χ2n) is 7.43. The fourth-order valence-electron chi connectivity index (χ4n) is 4.04. The van der Waals surface area contributed by atoms with Crippen LogP contribution in [0.2, 0.25) is 0 Å². The first-order valence-electron chi connectivity index (χ1n) is 9.62. The lowest BCUT2D eigenvalue weighted by molar-refractivity contribution is -0.116. The van der Waals surface area contributed by atoms with Gasteiger partial charge in [0.25, 0.3) is 11.8 Å². The minimum absolute atomic E-state index is 0.128. The van der Waals surface area contributed by atoms with Gasteiger partial charge in [-0.1, -0.05) is 42.0 Å². The highest BCUT2D eigenvalue weighted by atomic mass is 16.2. The number of hydrogen-bond donors (Lipinski definition) is 0. The molecular weight excluding hydrogens is 364 g/mol. The van der Waals surface area contributed by atoms with E-state index in [0.29, 0.717) is 16.5 Å². The Morgan fingerprint density at radius 3 is 2.10 bits per heavy atom. The molecule has 1 aliphatic rings.